The molecule has 2 heterocycles. The summed E-state index contributed by atoms with van der Waals surface area (Å²) >= 11 is 0. The van der Waals surface area contributed by atoms with Gasteiger partial charge in [0.05, 0.1) is 0 Å². The van der Waals surface area contributed by atoms with Crippen LogP contribution in [0.2, 0.25) is 0 Å². The number of nitrogens with one attached hydrogen (secondary N) is 1. The van der Waals surface area contributed by atoms with E-state index in [-0.39, 0.29) is 11.8 Å². The lowest BCUT2D eigenvalue weighted by atomic mass is 9.87. The molecule has 2 fully saturated rings. The van der Waals surface area contributed by atoms with Gasteiger partial charge in [0, 0.05) is 25.2 Å². The van der Waals surface area contributed by atoms with E-state index in [4.69, 9.17) is 4.74 Å². The van der Waals surface area contributed by atoms with Gasteiger partial charge in [0.25, 0.3) is 0 Å². The molecule has 3 heteroatoms. The van der Waals surface area contributed by atoms with Crippen molar-refractivity contribution >= 4 is 5.91 Å². The molecule has 0 spiro atoms. The van der Waals surface area contributed by atoms with Gasteiger partial charge in [-0.2, -0.15) is 0 Å². The van der Waals surface area contributed by atoms with Gasteiger partial charge < -0.3 is 10.1 Å². The fourth-order valence-corrected chi connectivity index (χ4v) is 3.45. The fourth-order valence-electron chi connectivity index (χ4n) is 3.45. The monoisotopic (exact) mass is 273 g/mol. The maximum atomic E-state index is 12.1. The normalized spacial score (nSPS) is 27.5. The summed E-state index contributed by atoms with van der Waals surface area (Å²) in [5.74, 6) is 1.15. The molecule has 0 aliphatic carbocycles. The van der Waals surface area contributed by atoms with Gasteiger partial charge in [-0.25, -0.2) is 0 Å². The van der Waals surface area contributed by atoms with Crippen LogP contribution >= 0.6 is 0 Å². The number of ether oxygens (including phenoxy) is 1. The molecule has 0 saturated carbocycles. The standard InChI is InChI=1S/C17H23NO2/c19-17-15(10-14-6-8-20-9-7-14)12-16(18-17)11-13-4-2-1-3-5-13/h1-5,14-16H,6-12H2,(H,18,19)/t15?,16-/m0/s1. The van der Waals surface area contributed by atoms with E-state index in [0.717, 1.165) is 45.3 Å². The maximum Gasteiger partial charge on any atom is 0.223 e. The number of hydrogen-bond acceptors (Lipinski definition) is 2. The molecule has 2 aliphatic rings. The van der Waals surface area contributed by atoms with Crippen LogP contribution < -0.4 is 5.32 Å². The molecule has 2 aliphatic heterocycles. The second-order valence-corrected chi connectivity index (χ2v) is 6.12. The smallest absolute Gasteiger partial charge is 0.223 e. The first kappa shape index (κ1) is 13.6. The molecule has 2 atom stereocenters. The van der Waals surface area contributed by atoms with Gasteiger partial charge in [0.1, 0.15) is 0 Å². The van der Waals surface area contributed by atoms with Crippen LogP contribution in [0.4, 0.5) is 0 Å². The number of amides is 1. The van der Waals surface area contributed by atoms with Gasteiger partial charge >= 0.3 is 0 Å². The van der Waals surface area contributed by atoms with Crippen molar-refractivity contribution in [3.63, 3.8) is 0 Å². The number of benzene rings is 1. The lowest BCUT2D eigenvalue weighted by Gasteiger charge is -2.23. The highest BCUT2D eigenvalue weighted by Gasteiger charge is 2.33. The van der Waals surface area contributed by atoms with Crippen LogP contribution in [0.3, 0.4) is 0 Å². The zero-order chi connectivity index (χ0) is 13.8. The lowest BCUT2D eigenvalue weighted by molar-refractivity contribution is -0.123. The third-order valence-corrected chi connectivity index (χ3v) is 4.57. The van der Waals surface area contributed by atoms with Gasteiger partial charge in [0.2, 0.25) is 5.91 Å². The molecule has 108 valence electrons. The van der Waals surface area contributed by atoms with Gasteiger partial charge in [-0.15, -0.1) is 0 Å². The average Bonchev–Trinajstić information content (AvgIpc) is 2.81. The molecule has 1 unspecified atom stereocenters. The summed E-state index contributed by atoms with van der Waals surface area (Å²) in [7, 11) is 0. The minimum atomic E-state index is 0.215. The highest BCUT2D eigenvalue weighted by Crippen LogP contribution is 2.29. The minimum absolute atomic E-state index is 0.215. The third-order valence-electron chi connectivity index (χ3n) is 4.57. The van der Waals surface area contributed by atoms with Crippen molar-refractivity contribution in [1.29, 1.82) is 0 Å². The zero-order valence-electron chi connectivity index (χ0n) is 11.9. The predicted molar refractivity (Wildman–Crippen MR) is 78.3 cm³/mol. The Bertz CT molecular complexity index is 440. The van der Waals surface area contributed by atoms with Gasteiger partial charge in [0.15, 0.2) is 0 Å². The van der Waals surface area contributed by atoms with E-state index in [1.165, 1.54) is 5.56 Å². The molecule has 20 heavy (non-hydrogen) atoms. The van der Waals surface area contributed by atoms with E-state index in [1.54, 1.807) is 0 Å². The fraction of sp³-hybridized carbons (Fsp3) is 0.588. The van der Waals surface area contributed by atoms with Crippen LogP contribution in [0.1, 0.15) is 31.2 Å². The van der Waals surface area contributed by atoms with E-state index in [0.29, 0.717) is 12.0 Å². The summed E-state index contributed by atoms with van der Waals surface area (Å²) in [6.45, 7) is 1.74. The van der Waals surface area contributed by atoms with E-state index in [1.807, 2.05) is 6.07 Å². The number of hydrogen-bond donors (Lipinski definition) is 1. The van der Waals surface area contributed by atoms with Crippen LogP contribution in [0.25, 0.3) is 0 Å². The first-order valence-corrected chi connectivity index (χ1v) is 7.73. The predicted octanol–water partition coefficient (Wildman–Crippen LogP) is 2.55. The Morgan fingerprint density at radius 1 is 1.15 bits per heavy atom. The van der Waals surface area contributed by atoms with Crippen molar-refractivity contribution in [3.8, 4) is 0 Å². The van der Waals surface area contributed by atoms with Crippen molar-refractivity contribution in [2.45, 2.75) is 38.1 Å². The highest BCUT2D eigenvalue weighted by molar-refractivity contribution is 5.81. The average molecular weight is 273 g/mol. The van der Waals surface area contributed by atoms with Crippen molar-refractivity contribution in [3.05, 3.63) is 35.9 Å². The molecule has 1 N–H and O–H groups in total. The topological polar surface area (TPSA) is 38.3 Å². The van der Waals surface area contributed by atoms with Crippen molar-refractivity contribution in [2.24, 2.45) is 11.8 Å². The van der Waals surface area contributed by atoms with E-state index in [9.17, 15) is 4.79 Å². The van der Waals surface area contributed by atoms with E-state index >= 15 is 0 Å². The Kier molecular flexibility index (Phi) is 4.36. The van der Waals surface area contributed by atoms with Crippen molar-refractivity contribution in [1.82, 2.24) is 5.32 Å². The van der Waals surface area contributed by atoms with Gasteiger partial charge in [-0.3, -0.25) is 4.79 Å². The first-order chi connectivity index (χ1) is 9.81. The summed E-state index contributed by atoms with van der Waals surface area (Å²) < 4.78 is 5.39. The second kappa shape index (κ2) is 6.40. The Labute approximate surface area is 120 Å². The number of carbonyl (C=O) groups excluding carboxylic acids is 1. The molecule has 0 radical (unpaired) electrons. The molecule has 3 nitrogen and oxygen atoms in total. The van der Waals surface area contributed by atoms with Crippen LogP contribution in [0, 0.1) is 11.8 Å². The molecule has 0 aromatic heterocycles. The molecular formula is C17H23NO2. The lowest BCUT2D eigenvalue weighted by Crippen LogP contribution is -2.28. The first-order valence-electron chi connectivity index (χ1n) is 7.73. The maximum absolute atomic E-state index is 12.1. The summed E-state index contributed by atoms with van der Waals surface area (Å²) in [6.07, 6.45) is 5.22. The Balaban J connectivity index is 1.52. The largest absolute Gasteiger partial charge is 0.381 e. The number of carbonyl (C=O) groups is 1. The summed E-state index contributed by atoms with van der Waals surface area (Å²) in [5.41, 5.74) is 1.31. The zero-order valence-corrected chi connectivity index (χ0v) is 11.9. The third kappa shape index (κ3) is 3.40. The highest BCUT2D eigenvalue weighted by atomic mass is 16.5. The Morgan fingerprint density at radius 3 is 2.65 bits per heavy atom. The molecular weight excluding hydrogens is 250 g/mol. The van der Waals surface area contributed by atoms with Gasteiger partial charge in [-0.1, -0.05) is 30.3 Å². The van der Waals surface area contributed by atoms with Crippen LogP contribution in [0.15, 0.2) is 30.3 Å². The van der Waals surface area contributed by atoms with Gasteiger partial charge in [-0.05, 0) is 43.6 Å². The SMILES string of the molecule is O=C1N[C@@H](Cc2ccccc2)CC1CC1CCOCC1. The van der Waals surface area contributed by atoms with Crippen LogP contribution in [-0.4, -0.2) is 25.2 Å². The second-order valence-electron chi connectivity index (χ2n) is 6.12. The van der Waals surface area contributed by atoms with Crippen LogP contribution in [0.5, 0.6) is 0 Å². The Morgan fingerprint density at radius 2 is 1.90 bits per heavy atom. The quantitative estimate of drug-likeness (QED) is 0.915. The van der Waals surface area contributed by atoms with E-state index < -0.39 is 0 Å². The van der Waals surface area contributed by atoms with E-state index in [2.05, 4.69) is 29.6 Å². The van der Waals surface area contributed by atoms with Crippen LogP contribution in [-0.2, 0) is 16.0 Å². The molecule has 2 saturated heterocycles. The molecule has 1 amide bonds. The molecule has 1 aromatic carbocycles. The minimum Gasteiger partial charge on any atom is -0.381 e. The summed E-state index contributed by atoms with van der Waals surface area (Å²) in [5, 5.41) is 3.17. The summed E-state index contributed by atoms with van der Waals surface area (Å²) in [4.78, 5) is 12.1. The van der Waals surface area contributed by atoms with Crippen molar-refractivity contribution < 1.29 is 9.53 Å². The molecule has 3 rings (SSSR count). The van der Waals surface area contributed by atoms with Crippen molar-refractivity contribution in [2.75, 3.05) is 13.2 Å². The molecule has 1 aromatic rings. The summed E-state index contributed by atoms with van der Waals surface area (Å²) in [6, 6.07) is 10.7. The number of rotatable bonds is 4. The molecule has 0 bridgehead atoms. The Hall–Kier alpha value is -1.35.